The fraction of sp³-hybridized carbons (Fsp3) is 0.379. The summed E-state index contributed by atoms with van der Waals surface area (Å²) in [7, 11) is 0. The van der Waals surface area contributed by atoms with Crippen molar-refractivity contribution in [2.45, 2.75) is 50.4 Å². The third-order valence-corrected chi connectivity index (χ3v) is 7.37. The van der Waals surface area contributed by atoms with Crippen LogP contribution in [-0.2, 0) is 20.5 Å². The van der Waals surface area contributed by atoms with Gasteiger partial charge in [0.15, 0.2) is 5.78 Å². The highest BCUT2D eigenvalue weighted by molar-refractivity contribution is 6.07. The molecule has 1 N–H and O–H groups in total. The van der Waals surface area contributed by atoms with Crippen LogP contribution in [-0.4, -0.2) is 48.4 Å². The van der Waals surface area contributed by atoms with Gasteiger partial charge in [-0.05, 0) is 61.6 Å². The van der Waals surface area contributed by atoms with E-state index in [2.05, 4.69) is 5.32 Å². The van der Waals surface area contributed by atoms with Crippen LogP contribution in [0.15, 0.2) is 59.8 Å². The van der Waals surface area contributed by atoms with Gasteiger partial charge < -0.3 is 15.0 Å². The topological polar surface area (TPSA) is 103 Å². The number of hydrogen-bond acceptors (Lipinski definition) is 5. The third-order valence-electron chi connectivity index (χ3n) is 7.37. The quantitative estimate of drug-likeness (QED) is 0.551. The third kappa shape index (κ3) is 5.45. The number of rotatable bonds is 6. The number of urea groups is 1. The second-order valence-electron chi connectivity index (χ2n) is 10.0. The first-order valence-electron chi connectivity index (χ1n) is 13.1. The number of allylic oxidation sites excluding steroid dienone is 1. The zero-order valence-corrected chi connectivity index (χ0v) is 21.5. The summed E-state index contributed by atoms with van der Waals surface area (Å²) in [5.41, 5.74) is 0.514. The Morgan fingerprint density at radius 1 is 1.10 bits per heavy atom. The normalized spacial score (nSPS) is 21.4. The molecule has 8 nitrogen and oxygen atoms in total. The molecule has 2 unspecified atom stereocenters. The molecule has 208 valence electrons. The number of carbonyl (C=O) groups excluding carboxylic acids is 3. The first-order valence-corrected chi connectivity index (χ1v) is 13.1. The summed E-state index contributed by atoms with van der Waals surface area (Å²) in [5, 5.41) is 12.0. The van der Waals surface area contributed by atoms with Crippen LogP contribution >= 0.6 is 0 Å². The van der Waals surface area contributed by atoms with E-state index >= 15 is 0 Å². The maximum atomic E-state index is 14.1. The number of Topliss-reactive ketones (excluding diaryl/α,β-unsaturated/α-hetero) is 1. The Balaban J connectivity index is 1.59. The van der Waals surface area contributed by atoms with Crippen LogP contribution < -0.4 is 10.2 Å². The van der Waals surface area contributed by atoms with Crippen molar-refractivity contribution < 1.29 is 32.3 Å². The highest BCUT2D eigenvalue weighted by Gasteiger charge is 2.45. The van der Waals surface area contributed by atoms with E-state index in [4.69, 9.17) is 4.74 Å². The molecule has 2 heterocycles. The van der Waals surface area contributed by atoms with Gasteiger partial charge in [-0.25, -0.2) is 4.79 Å². The lowest BCUT2D eigenvalue weighted by atomic mass is 9.83. The number of nitrogens with one attached hydrogen (secondary N) is 1. The predicted molar refractivity (Wildman–Crippen MR) is 138 cm³/mol. The van der Waals surface area contributed by atoms with Crippen molar-refractivity contribution in [2.24, 2.45) is 0 Å². The van der Waals surface area contributed by atoms with Gasteiger partial charge >= 0.3 is 12.2 Å². The molecule has 0 saturated carbocycles. The Labute approximate surface area is 229 Å². The molecule has 1 fully saturated rings. The smallest absolute Gasteiger partial charge is 0.376 e. The average Bonchev–Trinajstić information content (AvgIpc) is 3.46. The number of alkyl halides is 3. The maximum Gasteiger partial charge on any atom is 0.416 e. The van der Waals surface area contributed by atoms with Gasteiger partial charge in [-0.2, -0.15) is 18.4 Å². The van der Waals surface area contributed by atoms with Crippen LogP contribution in [0.4, 0.5) is 23.7 Å². The number of nitriles is 1. The molecule has 2 aliphatic heterocycles. The Morgan fingerprint density at radius 2 is 1.88 bits per heavy atom. The van der Waals surface area contributed by atoms with Crippen molar-refractivity contribution in [1.29, 1.82) is 5.26 Å². The first-order chi connectivity index (χ1) is 19.2. The molecule has 3 amide bonds. The highest BCUT2D eigenvalue weighted by Crippen LogP contribution is 2.44. The number of ketones is 1. The van der Waals surface area contributed by atoms with E-state index < -0.39 is 36.3 Å². The summed E-state index contributed by atoms with van der Waals surface area (Å²) in [4.78, 5) is 43.0. The molecular weight excluding hydrogens is 525 g/mol. The molecule has 0 bridgehead atoms. The van der Waals surface area contributed by atoms with Crippen molar-refractivity contribution in [3.63, 3.8) is 0 Å². The van der Waals surface area contributed by atoms with Crippen LogP contribution in [0.25, 0.3) is 0 Å². The van der Waals surface area contributed by atoms with E-state index in [9.17, 15) is 32.8 Å². The maximum absolute atomic E-state index is 14.1. The molecule has 0 spiro atoms. The molecule has 2 aromatic carbocycles. The number of benzene rings is 2. The fourth-order valence-electron chi connectivity index (χ4n) is 5.48. The molecule has 40 heavy (non-hydrogen) atoms. The molecule has 1 aliphatic carbocycles. The molecule has 3 aliphatic rings. The zero-order valence-electron chi connectivity index (χ0n) is 21.5. The summed E-state index contributed by atoms with van der Waals surface area (Å²) in [6, 6.07) is 11.1. The molecule has 2 atom stereocenters. The highest BCUT2D eigenvalue weighted by atomic mass is 19.4. The lowest BCUT2D eigenvalue weighted by molar-refractivity contribution is -0.137. The van der Waals surface area contributed by atoms with E-state index in [1.165, 1.54) is 17.0 Å². The average molecular weight is 553 g/mol. The Hall–Kier alpha value is -4.17. The number of anilines is 1. The predicted octanol–water partition coefficient (Wildman–Crippen LogP) is 4.86. The monoisotopic (exact) mass is 552 g/mol. The molecule has 1 saturated heterocycles. The summed E-state index contributed by atoms with van der Waals surface area (Å²) in [6.45, 7) is 0.430. The van der Waals surface area contributed by atoms with Gasteiger partial charge in [0.25, 0.3) is 0 Å². The summed E-state index contributed by atoms with van der Waals surface area (Å²) < 4.78 is 46.3. The van der Waals surface area contributed by atoms with Crippen LogP contribution in [0.2, 0.25) is 0 Å². The van der Waals surface area contributed by atoms with Crippen molar-refractivity contribution in [3.8, 4) is 6.07 Å². The number of ether oxygens (including phenoxy) is 1. The molecule has 0 aromatic heterocycles. The van der Waals surface area contributed by atoms with E-state index in [0.717, 1.165) is 29.9 Å². The van der Waals surface area contributed by atoms with Gasteiger partial charge in [-0.1, -0.05) is 18.2 Å². The Bertz CT molecular complexity index is 1390. The van der Waals surface area contributed by atoms with Gasteiger partial charge in [0.1, 0.15) is 6.54 Å². The molecular formula is C29H27F3N4O4. The molecule has 2 aromatic rings. The minimum Gasteiger partial charge on any atom is -0.376 e. The van der Waals surface area contributed by atoms with Crippen molar-refractivity contribution >= 4 is 23.4 Å². The number of carbonyl (C=O) groups is 3. The van der Waals surface area contributed by atoms with E-state index in [1.807, 2.05) is 6.07 Å². The Morgan fingerprint density at radius 3 is 2.55 bits per heavy atom. The largest absolute Gasteiger partial charge is 0.416 e. The minimum atomic E-state index is -4.64. The number of hydrogen-bond donors (Lipinski definition) is 1. The van der Waals surface area contributed by atoms with E-state index in [1.54, 1.807) is 24.3 Å². The van der Waals surface area contributed by atoms with Crippen molar-refractivity contribution in [2.75, 3.05) is 24.6 Å². The van der Waals surface area contributed by atoms with Gasteiger partial charge in [-0.3, -0.25) is 14.5 Å². The van der Waals surface area contributed by atoms with Gasteiger partial charge in [0.05, 0.1) is 35.0 Å². The van der Waals surface area contributed by atoms with Crippen LogP contribution in [0.5, 0.6) is 0 Å². The fourth-order valence-corrected chi connectivity index (χ4v) is 5.48. The van der Waals surface area contributed by atoms with Gasteiger partial charge in [0, 0.05) is 30.8 Å². The van der Waals surface area contributed by atoms with E-state index in [-0.39, 0.29) is 36.1 Å². The van der Waals surface area contributed by atoms with E-state index in [0.29, 0.717) is 36.3 Å². The first kappa shape index (κ1) is 27.4. The summed E-state index contributed by atoms with van der Waals surface area (Å²) in [6.07, 6.45) is -2.15. The SMILES string of the molecule is N#Cc1ccc(C2C3=C(CCCC3=O)N(c3cccc(C(F)(F)F)c3)C(=O)N2CC(=O)NCC2CCCO2)cc1. The Kier molecular flexibility index (Phi) is 7.63. The van der Waals surface area contributed by atoms with Gasteiger partial charge in [0.2, 0.25) is 5.91 Å². The number of halogens is 3. The van der Waals surface area contributed by atoms with Crippen molar-refractivity contribution in [3.05, 3.63) is 76.5 Å². The van der Waals surface area contributed by atoms with Gasteiger partial charge in [-0.15, -0.1) is 0 Å². The number of nitrogens with zero attached hydrogens (tertiary/aromatic N) is 3. The summed E-state index contributed by atoms with van der Waals surface area (Å²) >= 11 is 0. The zero-order chi connectivity index (χ0) is 28.4. The lowest BCUT2D eigenvalue weighted by Gasteiger charge is -2.45. The molecule has 11 heteroatoms. The van der Waals surface area contributed by atoms with Crippen LogP contribution in [0.1, 0.15) is 54.8 Å². The second kappa shape index (κ2) is 11.1. The van der Waals surface area contributed by atoms with Crippen molar-refractivity contribution in [1.82, 2.24) is 10.2 Å². The minimum absolute atomic E-state index is 0.0370. The molecule has 5 rings (SSSR count). The standard InChI is InChI=1S/C29H27F3N4O4/c30-29(31,32)20-4-1-5-21(14-20)36-23-7-2-8-24(37)26(23)27(19-11-9-18(15-33)10-12-19)35(28(36)39)17-25(38)34-16-22-6-3-13-40-22/h1,4-5,9-12,14,22,27H,2-3,6-8,13,16-17H2,(H,34,38). The second-order valence-corrected chi connectivity index (χ2v) is 10.0. The van der Waals surface area contributed by atoms with Crippen LogP contribution in [0.3, 0.4) is 0 Å². The molecule has 0 radical (unpaired) electrons. The summed E-state index contributed by atoms with van der Waals surface area (Å²) in [5.74, 6) is -0.733. The lowest BCUT2D eigenvalue weighted by Crippen LogP contribution is -2.54. The number of amides is 3. The van der Waals surface area contributed by atoms with Crippen LogP contribution in [0, 0.1) is 11.3 Å².